The largest absolute Gasteiger partial charge is 0.0988 e. The highest BCUT2D eigenvalue weighted by atomic mass is 14.4. The number of hydrogen-bond acceptors (Lipinski definition) is 0. The quantitative estimate of drug-likeness (QED) is 0.141. The molecule has 0 aliphatic heterocycles. The van der Waals surface area contributed by atoms with Gasteiger partial charge in [-0.15, -0.1) is 0 Å². The lowest BCUT2D eigenvalue weighted by molar-refractivity contribution is 0.677. The Morgan fingerprint density at radius 2 is 1.26 bits per heavy atom. The van der Waals surface area contributed by atoms with Crippen LogP contribution in [0.15, 0.2) is 175 Å². The fraction of sp³-hybridized carbons (Fsp3) is 0.333. The van der Waals surface area contributed by atoms with Crippen molar-refractivity contribution in [3.8, 4) is 33.4 Å². The summed E-state index contributed by atoms with van der Waals surface area (Å²) in [5.41, 5.74) is 16.5. The first-order valence-electron chi connectivity index (χ1n) is 21.6. The molecule has 0 N–H and O–H groups in total. The van der Waals surface area contributed by atoms with Crippen molar-refractivity contribution in [3.05, 3.63) is 191 Å². The van der Waals surface area contributed by atoms with Crippen LogP contribution in [0.25, 0.3) is 33.4 Å². The topological polar surface area (TPSA) is 0 Å². The molecule has 0 spiro atoms. The summed E-state index contributed by atoms with van der Waals surface area (Å²) >= 11 is 0. The lowest BCUT2D eigenvalue weighted by atomic mass is 9.66. The molecule has 4 aromatic carbocycles. The number of benzene rings is 4. The van der Waals surface area contributed by atoms with Gasteiger partial charge in [-0.05, 0) is 146 Å². The van der Waals surface area contributed by atoms with Gasteiger partial charge in [-0.1, -0.05) is 201 Å². The van der Waals surface area contributed by atoms with E-state index in [1.165, 1.54) is 78.8 Å². The van der Waals surface area contributed by atoms with Crippen molar-refractivity contribution >= 4 is 0 Å². The maximum atomic E-state index is 3.67. The molecule has 0 saturated heterocycles. The molecule has 1 atom stereocenters. The van der Waals surface area contributed by atoms with Gasteiger partial charge in [0.2, 0.25) is 0 Å². The molecule has 0 nitrogen and oxygen atoms in total. The average molecular weight is 761 g/mol. The lowest BCUT2D eigenvalue weighted by Crippen LogP contribution is -2.28. The third kappa shape index (κ3) is 14.2. The van der Waals surface area contributed by atoms with Gasteiger partial charge in [-0.25, -0.2) is 0 Å². The van der Waals surface area contributed by atoms with Crippen LogP contribution in [0.5, 0.6) is 0 Å². The molecule has 1 aliphatic carbocycles. The monoisotopic (exact) mass is 761 g/mol. The Morgan fingerprint density at radius 1 is 0.667 bits per heavy atom. The Morgan fingerprint density at radius 3 is 1.82 bits per heavy atom. The first-order chi connectivity index (χ1) is 27.6. The van der Waals surface area contributed by atoms with E-state index in [1.54, 1.807) is 0 Å². The van der Waals surface area contributed by atoms with Crippen LogP contribution < -0.4 is 0 Å². The number of hydrogen-bond donors (Lipinski definition) is 0. The van der Waals surface area contributed by atoms with E-state index in [0.29, 0.717) is 0 Å². The van der Waals surface area contributed by atoms with Crippen molar-refractivity contribution in [1.82, 2.24) is 0 Å². The van der Waals surface area contributed by atoms with Crippen molar-refractivity contribution in [2.75, 3.05) is 0 Å². The molecule has 5 rings (SSSR count). The zero-order valence-electron chi connectivity index (χ0n) is 38.4. The molecule has 0 bridgehead atoms. The Labute approximate surface area is 351 Å². The standard InChI is InChI=1S/C41H42.C9H14.C3H8.2C2H6/c1-6-16-36(17-7-2)41(5,37-22-12-9-13-23-37)39-25-15-24-38(40(39)32-18-10-8-11-19-32)35-21-14-20-33(29-35)34-27-26-30(3)31(4)28-34;1-5-7-9(4)8(3)6-2;1-3-2;2*1-2/h6,8,10-12,14-29H,7,9,13H2,1-5H3;5-7H,2H2,1,3-4H3;3H2,1-2H3;2*1-2H3/b16-6-,36-17+;7-5-,9-8-;;;. The molecular weight excluding hydrogens is 685 g/mol. The molecule has 57 heavy (non-hydrogen) atoms. The van der Waals surface area contributed by atoms with Gasteiger partial charge < -0.3 is 0 Å². The van der Waals surface area contributed by atoms with Gasteiger partial charge in [-0.2, -0.15) is 0 Å². The van der Waals surface area contributed by atoms with Crippen LogP contribution >= 0.6 is 0 Å². The van der Waals surface area contributed by atoms with E-state index in [0.717, 1.165) is 19.3 Å². The predicted octanol–water partition coefficient (Wildman–Crippen LogP) is 18.3. The number of aryl methyl sites for hydroxylation is 2. The summed E-state index contributed by atoms with van der Waals surface area (Å²) in [6.45, 7) is 33.2. The zero-order valence-corrected chi connectivity index (χ0v) is 38.4. The second-order valence-corrected chi connectivity index (χ2v) is 14.1. The normalized spacial score (nSPS) is 13.6. The van der Waals surface area contributed by atoms with E-state index < -0.39 is 0 Å². The maximum Gasteiger partial charge on any atom is 0.0423 e. The van der Waals surface area contributed by atoms with Crippen molar-refractivity contribution in [2.45, 2.75) is 128 Å². The van der Waals surface area contributed by atoms with Crippen LogP contribution in [-0.4, -0.2) is 0 Å². The fourth-order valence-corrected chi connectivity index (χ4v) is 6.76. The Kier molecular flexibility index (Phi) is 24.3. The highest BCUT2D eigenvalue weighted by Gasteiger charge is 2.36. The first kappa shape index (κ1) is 50.1. The molecule has 0 saturated carbocycles. The zero-order chi connectivity index (χ0) is 42.8. The van der Waals surface area contributed by atoms with Gasteiger partial charge in [-0.3, -0.25) is 0 Å². The molecule has 0 aromatic heterocycles. The minimum absolute atomic E-state index is 0.299. The Bertz CT molecular complexity index is 1970. The predicted molar refractivity (Wildman–Crippen MR) is 261 cm³/mol. The van der Waals surface area contributed by atoms with E-state index in [2.05, 4.69) is 202 Å². The van der Waals surface area contributed by atoms with E-state index in [4.69, 9.17) is 0 Å². The Hall–Kier alpha value is -4.94. The van der Waals surface area contributed by atoms with Crippen LogP contribution in [0.1, 0.15) is 125 Å². The first-order valence-corrected chi connectivity index (χ1v) is 21.6. The molecule has 1 aliphatic rings. The van der Waals surface area contributed by atoms with Crippen molar-refractivity contribution in [3.63, 3.8) is 0 Å². The Balaban J connectivity index is 0.000000870. The van der Waals surface area contributed by atoms with Gasteiger partial charge >= 0.3 is 0 Å². The summed E-state index contributed by atoms with van der Waals surface area (Å²) in [4.78, 5) is 0. The van der Waals surface area contributed by atoms with Crippen LogP contribution in [-0.2, 0) is 5.41 Å². The number of rotatable bonds is 10. The van der Waals surface area contributed by atoms with Crippen LogP contribution in [0, 0.1) is 13.8 Å². The summed E-state index contributed by atoms with van der Waals surface area (Å²) in [5.74, 6) is 0. The molecule has 0 heterocycles. The summed E-state index contributed by atoms with van der Waals surface area (Å²) in [7, 11) is 0. The maximum absolute atomic E-state index is 3.67. The second-order valence-electron chi connectivity index (χ2n) is 14.1. The molecule has 0 radical (unpaired) electrons. The lowest BCUT2D eigenvalue weighted by Gasteiger charge is -2.37. The smallest absolute Gasteiger partial charge is 0.0423 e. The van der Waals surface area contributed by atoms with Gasteiger partial charge in [0.1, 0.15) is 0 Å². The summed E-state index contributed by atoms with van der Waals surface area (Å²) in [6.07, 6.45) is 24.5. The van der Waals surface area contributed by atoms with E-state index in [-0.39, 0.29) is 5.41 Å². The molecule has 4 aromatic rings. The van der Waals surface area contributed by atoms with Gasteiger partial charge in [0.25, 0.3) is 0 Å². The van der Waals surface area contributed by atoms with Crippen LogP contribution in [0.3, 0.4) is 0 Å². The molecule has 0 amide bonds. The average Bonchev–Trinajstić information content (AvgIpc) is 3.26. The van der Waals surface area contributed by atoms with Crippen molar-refractivity contribution in [2.24, 2.45) is 0 Å². The minimum atomic E-state index is -0.299. The van der Waals surface area contributed by atoms with Crippen molar-refractivity contribution in [1.29, 1.82) is 0 Å². The summed E-state index contributed by atoms with van der Waals surface area (Å²) in [5, 5.41) is 0. The van der Waals surface area contributed by atoms with Gasteiger partial charge in [0, 0.05) is 5.41 Å². The highest BCUT2D eigenvalue weighted by Crippen LogP contribution is 2.48. The third-order valence-corrected chi connectivity index (χ3v) is 9.94. The van der Waals surface area contributed by atoms with Gasteiger partial charge in [0.15, 0.2) is 0 Å². The second kappa shape index (κ2) is 27.6. The summed E-state index contributed by atoms with van der Waals surface area (Å²) < 4.78 is 0. The minimum Gasteiger partial charge on any atom is -0.0988 e. The molecular formula is C57H76. The highest BCUT2D eigenvalue weighted by molar-refractivity contribution is 5.89. The molecule has 1 unspecified atom stereocenters. The van der Waals surface area contributed by atoms with Crippen LogP contribution in [0.4, 0.5) is 0 Å². The SMILES string of the molecule is C/C=C\C(=C/CC)C(C)(C1=CCCC=C1)c1cccc(-c2cccc(-c3ccc(C)c(C)c3)c2)c1-c1ccccc1.C=C/C(C)=C(C)\C=C/C.CC.CC.CCC. The fourth-order valence-electron chi connectivity index (χ4n) is 6.76. The van der Waals surface area contributed by atoms with Crippen LogP contribution in [0.2, 0.25) is 0 Å². The summed E-state index contributed by atoms with van der Waals surface area (Å²) in [6, 6.07) is 33.7. The van der Waals surface area contributed by atoms with E-state index in [1.807, 2.05) is 46.8 Å². The molecule has 0 heteroatoms. The van der Waals surface area contributed by atoms with E-state index in [9.17, 15) is 0 Å². The molecule has 304 valence electrons. The van der Waals surface area contributed by atoms with Crippen molar-refractivity contribution < 1.29 is 0 Å². The molecule has 0 fully saturated rings. The third-order valence-electron chi connectivity index (χ3n) is 9.94. The van der Waals surface area contributed by atoms with Gasteiger partial charge in [0.05, 0.1) is 0 Å². The van der Waals surface area contributed by atoms with E-state index >= 15 is 0 Å². The number of allylic oxidation sites excluding steroid dienone is 13.